The summed E-state index contributed by atoms with van der Waals surface area (Å²) < 4.78 is 12.2. The van der Waals surface area contributed by atoms with Crippen LogP contribution in [0.1, 0.15) is 12.7 Å². The summed E-state index contributed by atoms with van der Waals surface area (Å²) in [5.74, 6) is 1.64. The van der Waals surface area contributed by atoms with E-state index < -0.39 is 5.25 Å². The maximum atomic E-state index is 12.8. The van der Waals surface area contributed by atoms with Crippen LogP contribution in [0.25, 0.3) is 16.6 Å². The third-order valence-corrected chi connectivity index (χ3v) is 5.60. The van der Waals surface area contributed by atoms with Crippen LogP contribution in [0.3, 0.4) is 0 Å². The fraction of sp³-hybridized carbons (Fsp3) is 0.238. The number of thioether (sulfide) groups is 1. The number of rotatable bonds is 6. The topological polar surface area (TPSA) is 90.6 Å². The number of aromatic nitrogens is 4. The molecule has 0 spiro atoms. The van der Waals surface area contributed by atoms with Crippen molar-refractivity contribution >= 4 is 39.9 Å². The van der Waals surface area contributed by atoms with Crippen LogP contribution in [0, 0.1) is 6.92 Å². The van der Waals surface area contributed by atoms with Gasteiger partial charge in [0.2, 0.25) is 5.91 Å². The summed E-state index contributed by atoms with van der Waals surface area (Å²) in [4.78, 5) is 22.0. The Morgan fingerprint density at radius 3 is 2.63 bits per heavy atom. The third-order valence-electron chi connectivity index (χ3n) is 4.56. The summed E-state index contributed by atoms with van der Waals surface area (Å²) >= 11 is 1.33. The molecule has 30 heavy (non-hydrogen) atoms. The Labute approximate surface area is 177 Å². The first-order valence-electron chi connectivity index (χ1n) is 9.32. The molecule has 1 unspecified atom stereocenters. The first-order chi connectivity index (χ1) is 14.5. The summed E-state index contributed by atoms with van der Waals surface area (Å²) in [6.45, 7) is 3.66. The van der Waals surface area contributed by atoms with Crippen molar-refractivity contribution in [2.24, 2.45) is 0 Å². The summed E-state index contributed by atoms with van der Waals surface area (Å²) in [6.07, 6.45) is 0. The number of fused-ring (bicyclic) bond motifs is 3. The number of para-hydroxylation sites is 1. The second-order valence-corrected chi connectivity index (χ2v) is 7.93. The molecule has 0 fully saturated rings. The number of aryl methyl sites for hydroxylation is 1. The highest BCUT2D eigenvalue weighted by molar-refractivity contribution is 8.00. The Balaban J connectivity index is 1.59. The fourth-order valence-electron chi connectivity index (χ4n) is 3.08. The predicted octanol–water partition coefficient (Wildman–Crippen LogP) is 3.72. The number of carbonyl (C=O) groups is 1. The van der Waals surface area contributed by atoms with Crippen molar-refractivity contribution in [3.8, 4) is 11.5 Å². The van der Waals surface area contributed by atoms with E-state index in [1.54, 1.807) is 36.9 Å². The maximum Gasteiger partial charge on any atom is 0.237 e. The van der Waals surface area contributed by atoms with E-state index >= 15 is 0 Å². The smallest absolute Gasteiger partial charge is 0.237 e. The standard InChI is InChI=1S/C21H21N5O3S/c1-12(20(27)23-14-9-10-17(28-3)18(11-14)29-4)30-21-24-16-8-6-5-7-15(16)19-22-13(2)25-26(19)21/h5-12H,1-4H3,(H,23,27). The Kier molecular flexibility index (Phi) is 5.45. The van der Waals surface area contributed by atoms with E-state index in [0.29, 0.717) is 28.2 Å². The van der Waals surface area contributed by atoms with Gasteiger partial charge in [-0.2, -0.15) is 4.52 Å². The minimum atomic E-state index is -0.417. The van der Waals surface area contributed by atoms with Crippen molar-refractivity contribution in [3.63, 3.8) is 0 Å². The molecular weight excluding hydrogens is 402 g/mol. The zero-order valence-electron chi connectivity index (χ0n) is 17.0. The van der Waals surface area contributed by atoms with Gasteiger partial charge in [-0.05, 0) is 38.1 Å². The average Bonchev–Trinajstić information content (AvgIpc) is 3.15. The van der Waals surface area contributed by atoms with Crippen molar-refractivity contribution in [2.45, 2.75) is 24.3 Å². The lowest BCUT2D eigenvalue weighted by Gasteiger charge is -2.14. The largest absolute Gasteiger partial charge is 0.493 e. The van der Waals surface area contributed by atoms with E-state index in [9.17, 15) is 4.79 Å². The summed E-state index contributed by atoms with van der Waals surface area (Å²) in [5.41, 5.74) is 2.17. The van der Waals surface area contributed by atoms with E-state index in [4.69, 9.17) is 14.5 Å². The molecule has 154 valence electrons. The Bertz CT molecular complexity index is 1240. The monoisotopic (exact) mass is 423 g/mol. The summed E-state index contributed by atoms with van der Waals surface area (Å²) in [7, 11) is 3.12. The highest BCUT2D eigenvalue weighted by Gasteiger charge is 2.20. The minimum absolute atomic E-state index is 0.160. The molecule has 0 saturated heterocycles. The van der Waals surface area contributed by atoms with E-state index in [2.05, 4.69) is 15.4 Å². The molecule has 2 aromatic carbocycles. The molecule has 1 N–H and O–H groups in total. The van der Waals surface area contributed by atoms with Crippen LogP contribution in [0.4, 0.5) is 5.69 Å². The summed E-state index contributed by atoms with van der Waals surface area (Å²) in [6, 6.07) is 13.0. The normalized spacial score (nSPS) is 12.1. The quantitative estimate of drug-likeness (QED) is 0.373. The summed E-state index contributed by atoms with van der Waals surface area (Å²) in [5, 5.41) is 8.49. The number of ether oxygens (including phenoxy) is 2. The number of amides is 1. The van der Waals surface area contributed by atoms with Crippen molar-refractivity contribution in [3.05, 3.63) is 48.3 Å². The second kappa shape index (κ2) is 8.19. The molecule has 2 heterocycles. The SMILES string of the molecule is COc1ccc(NC(=O)C(C)Sc2nc3ccccc3c3nc(C)nn23)cc1OC. The zero-order chi connectivity index (χ0) is 21.3. The minimum Gasteiger partial charge on any atom is -0.493 e. The van der Waals surface area contributed by atoms with Gasteiger partial charge in [0.05, 0.1) is 25.0 Å². The Morgan fingerprint density at radius 1 is 1.10 bits per heavy atom. The van der Waals surface area contributed by atoms with Gasteiger partial charge in [0.1, 0.15) is 5.82 Å². The van der Waals surface area contributed by atoms with Gasteiger partial charge < -0.3 is 14.8 Å². The van der Waals surface area contributed by atoms with Crippen LogP contribution in [0.15, 0.2) is 47.6 Å². The first-order valence-corrected chi connectivity index (χ1v) is 10.2. The van der Waals surface area contributed by atoms with Gasteiger partial charge in [0.15, 0.2) is 22.3 Å². The third kappa shape index (κ3) is 3.76. The molecule has 1 amide bonds. The van der Waals surface area contributed by atoms with E-state index in [1.165, 1.54) is 11.8 Å². The van der Waals surface area contributed by atoms with Gasteiger partial charge in [-0.1, -0.05) is 23.9 Å². The molecule has 0 aliphatic rings. The van der Waals surface area contributed by atoms with Crippen molar-refractivity contribution in [2.75, 3.05) is 19.5 Å². The van der Waals surface area contributed by atoms with Gasteiger partial charge >= 0.3 is 0 Å². The van der Waals surface area contributed by atoms with Gasteiger partial charge in [-0.15, -0.1) is 5.10 Å². The van der Waals surface area contributed by atoms with Crippen LogP contribution in [-0.2, 0) is 4.79 Å². The molecular formula is C21H21N5O3S. The van der Waals surface area contributed by atoms with Crippen LogP contribution in [-0.4, -0.2) is 45.0 Å². The average molecular weight is 423 g/mol. The highest BCUT2D eigenvalue weighted by Crippen LogP contribution is 2.31. The van der Waals surface area contributed by atoms with Crippen molar-refractivity contribution in [1.82, 2.24) is 19.6 Å². The van der Waals surface area contributed by atoms with E-state index in [0.717, 1.165) is 16.6 Å². The zero-order valence-corrected chi connectivity index (χ0v) is 17.9. The molecule has 1 atom stereocenters. The number of hydrogen-bond acceptors (Lipinski definition) is 7. The van der Waals surface area contributed by atoms with E-state index in [-0.39, 0.29) is 5.91 Å². The number of methoxy groups -OCH3 is 2. The van der Waals surface area contributed by atoms with E-state index in [1.807, 2.05) is 38.1 Å². The lowest BCUT2D eigenvalue weighted by Crippen LogP contribution is -2.23. The van der Waals surface area contributed by atoms with Crippen LogP contribution in [0.5, 0.6) is 11.5 Å². The molecule has 0 aliphatic heterocycles. The molecule has 4 aromatic rings. The molecule has 4 rings (SSSR count). The van der Waals surface area contributed by atoms with Gasteiger partial charge in [0.25, 0.3) is 0 Å². The maximum absolute atomic E-state index is 12.8. The number of anilines is 1. The second-order valence-electron chi connectivity index (χ2n) is 6.63. The first kappa shape index (κ1) is 20.0. The molecule has 0 bridgehead atoms. The molecule has 9 heteroatoms. The molecule has 2 aromatic heterocycles. The molecule has 0 aliphatic carbocycles. The van der Waals surface area contributed by atoms with Gasteiger partial charge in [-0.25, -0.2) is 9.97 Å². The van der Waals surface area contributed by atoms with Gasteiger partial charge in [-0.3, -0.25) is 4.79 Å². The number of nitrogens with one attached hydrogen (secondary N) is 1. The predicted molar refractivity (Wildman–Crippen MR) is 117 cm³/mol. The van der Waals surface area contributed by atoms with Crippen LogP contribution in [0.2, 0.25) is 0 Å². The number of nitrogens with zero attached hydrogens (tertiary/aromatic N) is 4. The van der Waals surface area contributed by atoms with Crippen LogP contribution >= 0.6 is 11.8 Å². The molecule has 0 radical (unpaired) electrons. The number of hydrogen-bond donors (Lipinski definition) is 1. The molecule has 8 nitrogen and oxygen atoms in total. The highest BCUT2D eigenvalue weighted by atomic mass is 32.2. The van der Waals surface area contributed by atoms with Crippen molar-refractivity contribution < 1.29 is 14.3 Å². The molecule has 0 saturated carbocycles. The van der Waals surface area contributed by atoms with Crippen LogP contribution < -0.4 is 14.8 Å². The Morgan fingerprint density at radius 2 is 1.87 bits per heavy atom. The Hall–Kier alpha value is -3.33. The number of benzene rings is 2. The lowest BCUT2D eigenvalue weighted by atomic mass is 10.2. The lowest BCUT2D eigenvalue weighted by molar-refractivity contribution is -0.115. The number of carbonyl (C=O) groups excluding carboxylic acids is 1. The van der Waals surface area contributed by atoms with Crippen molar-refractivity contribution in [1.29, 1.82) is 0 Å². The fourth-order valence-corrected chi connectivity index (χ4v) is 3.94. The van der Waals surface area contributed by atoms with Gasteiger partial charge in [0, 0.05) is 17.1 Å².